The van der Waals surface area contributed by atoms with Gasteiger partial charge in [0.2, 0.25) is 10.0 Å². The lowest BCUT2D eigenvalue weighted by Gasteiger charge is -2.29. The topological polar surface area (TPSA) is 92.3 Å². The number of nitrogens with one attached hydrogen (secondary N) is 2. The van der Waals surface area contributed by atoms with Crippen molar-refractivity contribution in [2.24, 2.45) is 10.9 Å². The molecule has 0 aromatic heterocycles. The number of hydrogen-bond donors (Lipinski definition) is 2. The van der Waals surface area contributed by atoms with Crippen LogP contribution < -0.4 is 20.1 Å². The number of ether oxygens (including phenoxy) is 2. The summed E-state index contributed by atoms with van der Waals surface area (Å²) in [5, 5.41) is 6.54. The first-order chi connectivity index (χ1) is 13.4. The molecule has 28 heavy (non-hydrogen) atoms. The van der Waals surface area contributed by atoms with Crippen molar-refractivity contribution in [3.8, 4) is 11.5 Å². The lowest BCUT2D eigenvalue weighted by Crippen LogP contribution is -2.38. The van der Waals surface area contributed by atoms with Gasteiger partial charge in [0, 0.05) is 37.9 Å². The zero-order valence-electron chi connectivity index (χ0n) is 17.2. The summed E-state index contributed by atoms with van der Waals surface area (Å²) < 4.78 is 35.7. The van der Waals surface area contributed by atoms with Gasteiger partial charge in [-0.05, 0) is 44.7 Å². The molecule has 1 aliphatic rings. The number of methoxy groups -OCH3 is 1. The molecule has 8 nitrogen and oxygen atoms in total. The first-order valence-electron chi connectivity index (χ1n) is 9.68. The molecule has 9 heteroatoms. The second-order valence-corrected chi connectivity index (χ2v) is 8.73. The normalized spacial score (nSPS) is 16.6. The Morgan fingerprint density at radius 1 is 1.25 bits per heavy atom. The molecule has 1 aromatic rings. The molecule has 1 heterocycles. The fourth-order valence-electron chi connectivity index (χ4n) is 3.11. The summed E-state index contributed by atoms with van der Waals surface area (Å²) in [6, 6.07) is 5.67. The van der Waals surface area contributed by atoms with Crippen LogP contribution in [0.5, 0.6) is 11.5 Å². The minimum Gasteiger partial charge on any atom is -0.493 e. The van der Waals surface area contributed by atoms with Gasteiger partial charge in [0.1, 0.15) is 0 Å². The molecular formula is C19H32N4O4S. The van der Waals surface area contributed by atoms with Crippen LogP contribution in [0, 0.1) is 5.92 Å². The van der Waals surface area contributed by atoms with E-state index in [1.807, 2.05) is 32.0 Å². The summed E-state index contributed by atoms with van der Waals surface area (Å²) in [7, 11) is -1.48. The lowest BCUT2D eigenvalue weighted by molar-refractivity contribution is 0.280. The number of nitrogens with zero attached hydrogens (tertiary/aromatic N) is 2. The summed E-state index contributed by atoms with van der Waals surface area (Å²) in [5.74, 6) is 2.44. The number of sulfonamides is 1. The van der Waals surface area contributed by atoms with Gasteiger partial charge >= 0.3 is 0 Å². The van der Waals surface area contributed by atoms with E-state index in [4.69, 9.17) is 9.47 Å². The maximum absolute atomic E-state index is 11.6. The van der Waals surface area contributed by atoms with E-state index in [0.29, 0.717) is 49.6 Å². The number of rotatable bonds is 8. The van der Waals surface area contributed by atoms with Crippen LogP contribution in [0.25, 0.3) is 0 Å². The quantitative estimate of drug-likeness (QED) is 0.502. The highest BCUT2D eigenvalue weighted by molar-refractivity contribution is 7.88. The number of anilines is 1. The highest BCUT2D eigenvalue weighted by Gasteiger charge is 2.24. The van der Waals surface area contributed by atoms with Crippen LogP contribution in [0.3, 0.4) is 0 Å². The van der Waals surface area contributed by atoms with Crippen LogP contribution in [0.15, 0.2) is 23.2 Å². The molecule has 1 fully saturated rings. The van der Waals surface area contributed by atoms with Gasteiger partial charge in [0.25, 0.3) is 0 Å². The molecule has 1 aromatic carbocycles. The van der Waals surface area contributed by atoms with Gasteiger partial charge in [-0.15, -0.1) is 0 Å². The second kappa shape index (κ2) is 10.5. The summed E-state index contributed by atoms with van der Waals surface area (Å²) in [6.45, 7) is 7.06. The zero-order chi connectivity index (χ0) is 20.6. The fraction of sp³-hybridized carbons (Fsp3) is 0.632. The van der Waals surface area contributed by atoms with Crippen LogP contribution in [0.2, 0.25) is 0 Å². The molecule has 0 radical (unpaired) electrons. The van der Waals surface area contributed by atoms with Crippen molar-refractivity contribution in [1.82, 2.24) is 9.62 Å². The second-order valence-electron chi connectivity index (χ2n) is 6.75. The fourth-order valence-corrected chi connectivity index (χ4v) is 3.98. The SMILES string of the molecule is CCNC(=NCC1CCN(S(C)(=O)=O)CC1)Nc1ccc(OCC)c(OC)c1. The van der Waals surface area contributed by atoms with Gasteiger partial charge < -0.3 is 20.1 Å². The molecule has 2 rings (SSSR count). The Kier molecular flexibility index (Phi) is 8.37. The van der Waals surface area contributed by atoms with Gasteiger partial charge in [-0.3, -0.25) is 4.99 Å². The van der Waals surface area contributed by atoms with Gasteiger partial charge in [0.15, 0.2) is 17.5 Å². The van der Waals surface area contributed by atoms with E-state index in [2.05, 4.69) is 15.6 Å². The van der Waals surface area contributed by atoms with Crippen molar-refractivity contribution in [1.29, 1.82) is 0 Å². The van der Waals surface area contributed by atoms with Crippen LogP contribution in [0.4, 0.5) is 5.69 Å². The van der Waals surface area contributed by atoms with Crippen molar-refractivity contribution in [2.45, 2.75) is 26.7 Å². The smallest absolute Gasteiger partial charge is 0.211 e. The summed E-state index contributed by atoms with van der Waals surface area (Å²) >= 11 is 0. The van der Waals surface area contributed by atoms with Gasteiger partial charge in [-0.25, -0.2) is 12.7 Å². The Morgan fingerprint density at radius 3 is 2.54 bits per heavy atom. The average Bonchev–Trinajstić information content (AvgIpc) is 2.67. The number of hydrogen-bond acceptors (Lipinski definition) is 5. The van der Waals surface area contributed by atoms with Crippen LogP contribution in [-0.2, 0) is 10.0 Å². The van der Waals surface area contributed by atoms with Crippen molar-refractivity contribution in [3.63, 3.8) is 0 Å². The van der Waals surface area contributed by atoms with E-state index in [1.165, 1.54) is 6.26 Å². The number of guanidine groups is 1. The molecule has 0 saturated carbocycles. The maximum Gasteiger partial charge on any atom is 0.211 e. The predicted molar refractivity (Wildman–Crippen MR) is 113 cm³/mol. The summed E-state index contributed by atoms with van der Waals surface area (Å²) in [5.41, 5.74) is 0.854. The number of aliphatic imine (C=N–C) groups is 1. The third kappa shape index (κ3) is 6.56. The van der Waals surface area contributed by atoms with E-state index in [0.717, 1.165) is 25.1 Å². The van der Waals surface area contributed by atoms with Crippen molar-refractivity contribution in [3.05, 3.63) is 18.2 Å². The predicted octanol–water partition coefficient (Wildman–Crippen LogP) is 2.14. The Labute approximate surface area is 168 Å². The Morgan fingerprint density at radius 2 is 1.96 bits per heavy atom. The Bertz CT molecular complexity index is 759. The molecule has 2 N–H and O–H groups in total. The van der Waals surface area contributed by atoms with E-state index >= 15 is 0 Å². The molecule has 0 bridgehead atoms. The zero-order valence-corrected chi connectivity index (χ0v) is 18.0. The highest BCUT2D eigenvalue weighted by Crippen LogP contribution is 2.30. The van der Waals surface area contributed by atoms with Crippen molar-refractivity contribution >= 4 is 21.7 Å². The first kappa shape index (κ1) is 22.3. The molecule has 0 spiro atoms. The van der Waals surface area contributed by atoms with Crippen molar-refractivity contribution < 1.29 is 17.9 Å². The minimum atomic E-state index is -3.09. The standard InChI is InChI=1S/C19H32N4O4S/c1-5-20-19(21-14-15-9-11-23(12-10-15)28(4,24)25)22-16-7-8-17(27-6-2)18(13-16)26-3/h7-8,13,15H,5-6,9-12,14H2,1-4H3,(H2,20,21,22). The summed E-state index contributed by atoms with van der Waals surface area (Å²) in [4.78, 5) is 4.69. The van der Waals surface area contributed by atoms with E-state index in [9.17, 15) is 8.42 Å². The van der Waals surface area contributed by atoms with Gasteiger partial charge in [0.05, 0.1) is 20.0 Å². The Balaban J connectivity index is 1.99. The van der Waals surface area contributed by atoms with Crippen LogP contribution in [-0.4, -0.2) is 64.8 Å². The van der Waals surface area contributed by atoms with E-state index in [-0.39, 0.29) is 0 Å². The molecule has 158 valence electrons. The number of piperidine rings is 1. The molecule has 1 saturated heterocycles. The summed E-state index contributed by atoms with van der Waals surface area (Å²) in [6.07, 6.45) is 2.92. The van der Waals surface area contributed by atoms with Crippen LogP contribution >= 0.6 is 0 Å². The van der Waals surface area contributed by atoms with Crippen molar-refractivity contribution in [2.75, 3.05) is 51.5 Å². The largest absolute Gasteiger partial charge is 0.493 e. The molecule has 0 amide bonds. The van der Waals surface area contributed by atoms with E-state index < -0.39 is 10.0 Å². The van der Waals surface area contributed by atoms with Gasteiger partial charge in [-0.1, -0.05) is 0 Å². The molecule has 0 atom stereocenters. The average molecular weight is 413 g/mol. The number of benzene rings is 1. The maximum atomic E-state index is 11.6. The lowest BCUT2D eigenvalue weighted by atomic mass is 9.98. The third-order valence-electron chi connectivity index (χ3n) is 4.62. The molecule has 0 aliphatic carbocycles. The van der Waals surface area contributed by atoms with Gasteiger partial charge in [-0.2, -0.15) is 0 Å². The minimum absolute atomic E-state index is 0.378. The highest BCUT2D eigenvalue weighted by atomic mass is 32.2. The third-order valence-corrected chi connectivity index (χ3v) is 5.92. The molecular weight excluding hydrogens is 380 g/mol. The first-order valence-corrected chi connectivity index (χ1v) is 11.5. The van der Waals surface area contributed by atoms with E-state index in [1.54, 1.807) is 11.4 Å². The molecule has 1 aliphatic heterocycles. The Hall–Kier alpha value is -2.00. The molecule has 0 unspecified atom stereocenters. The van der Waals surface area contributed by atoms with Crippen LogP contribution in [0.1, 0.15) is 26.7 Å². The monoisotopic (exact) mass is 412 g/mol.